The monoisotopic (exact) mass is 350 g/mol. The van der Waals surface area contributed by atoms with Gasteiger partial charge in [0.25, 0.3) is 5.91 Å². The maximum Gasteiger partial charge on any atom is 0.265 e. The van der Waals surface area contributed by atoms with Gasteiger partial charge in [0.1, 0.15) is 4.88 Å². The number of hydrogen-bond acceptors (Lipinski definition) is 5. The minimum Gasteiger partial charge on any atom is -0.365 e. The lowest BCUT2D eigenvalue weighted by Gasteiger charge is -2.34. The molecule has 1 aliphatic carbocycles. The van der Waals surface area contributed by atoms with E-state index in [1.807, 2.05) is 14.0 Å². The van der Waals surface area contributed by atoms with Gasteiger partial charge < -0.3 is 10.2 Å². The molecule has 0 spiro atoms. The van der Waals surface area contributed by atoms with Crippen molar-refractivity contribution in [3.05, 3.63) is 10.6 Å². The number of aromatic nitrogens is 1. The molecule has 1 saturated carbocycles. The average molecular weight is 351 g/mol. The zero-order chi connectivity index (χ0) is 17.3. The highest BCUT2D eigenvalue weighted by Gasteiger charge is 2.34. The molecule has 24 heavy (non-hydrogen) atoms. The lowest BCUT2D eigenvalue weighted by molar-refractivity contribution is 0.0708. The van der Waals surface area contributed by atoms with Gasteiger partial charge in [0.05, 0.1) is 5.69 Å². The number of nitrogens with one attached hydrogen (secondary N) is 1. The van der Waals surface area contributed by atoms with Crippen LogP contribution in [0.2, 0.25) is 0 Å². The van der Waals surface area contributed by atoms with Crippen molar-refractivity contribution in [3.63, 3.8) is 0 Å². The van der Waals surface area contributed by atoms with E-state index in [9.17, 15) is 4.79 Å². The van der Waals surface area contributed by atoms with E-state index >= 15 is 0 Å². The third-order valence-electron chi connectivity index (χ3n) is 5.20. The average Bonchev–Trinajstić information content (AvgIpc) is 3.32. The molecule has 134 valence electrons. The normalized spacial score (nSPS) is 22.7. The van der Waals surface area contributed by atoms with Gasteiger partial charge >= 0.3 is 0 Å². The van der Waals surface area contributed by atoms with Crippen molar-refractivity contribution in [2.75, 3.05) is 38.5 Å². The van der Waals surface area contributed by atoms with Crippen LogP contribution in [0, 0.1) is 18.8 Å². The van der Waals surface area contributed by atoms with Crippen LogP contribution in [0.3, 0.4) is 0 Å². The maximum absolute atomic E-state index is 13.1. The largest absolute Gasteiger partial charge is 0.365 e. The Bertz CT molecular complexity index is 582. The van der Waals surface area contributed by atoms with Crippen LogP contribution in [0.15, 0.2) is 0 Å². The number of amides is 1. The van der Waals surface area contributed by atoms with Crippen molar-refractivity contribution < 1.29 is 4.79 Å². The molecule has 1 amide bonds. The van der Waals surface area contributed by atoms with Gasteiger partial charge in [0, 0.05) is 39.3 Å². The van der Waals surface area contributed by atoms with E-state index in [1.165, 1.54) is 30.7 Å². The molecule has 1 atom stereocenters. The standard InChI is InChI=1S/C18H30N4OS/c1-12(2)15-11-22(9-5-8-21(15)10-14-6-7-14)17(23)16-13(3)20-18(19-4)24-16/h12,14-15H,5-11H2,1-4H3,(H,19,20). The molecule has 1 N–H and O–H groups in total. The highest BCUT2D eigenvalue weighted by atomic mass is 32.1. The first-order valence-electron chi connectivity index (χ1n) is 9.18. The molecular formula is C18H30N4OS. The second kappa shape index (κ2) is 7.40. The third-order valence-corrected chi connectivity index (χ3v) is 6.36. The smallest absolute Gasteiger partial charge is 0.265 e. The van der Waals surface area contributed by atoms with Gasteiger partial charge in [0.2, 0.25) is 0 Å². The number of carbonyl (C=O) groups is 1. The Hall–Kier alpha value is -1.14. The molecule has 2 fully saturated rings. The summed E-state index contributed by atoms with van der Waals surface area (Å²) < 4.78 is 0. The molecule has 2 aliphatic rings. The Morgan fingerprint density at radius 3 is 2.71 bits per heavy atom. The molecule has 0 radical (unpaired) electrons. The van der Waals surface area contributed by atoms with Crippen LogP contribution in [0.1, 0.15) is 48.5 Å². The molecule has 3 rings (SSSR count). The lowest BCUT2D eigenvalue weighted by atomic mass is 10.0. The van der Waals surface area contributed by atoms with E-state index in [0.717, 1.165) is 47.7 Å². The molecule has 5 nitrogen and oxygen atoms in total. The quantitative estimate of drug-likeness (QED) is 0.887. The fourth-order valence-electron chi connectivity index (χ4n) is 3.58. The molecule has 0 bridgehead atoms. The van der Waals surface area contributed by atoms with Gasteiger partial charge in [-0.2, -0.15) is 0 Å². The summed E-state index contributed by atoms with van der Waals surface area (Å²) in [7, 11) is 1.85. The van der Waals surface area contributed by atoms with Gasteiger partial charge in [-0.05, 0) is 38.0 Å². The topological polar surface area (TPSA) is 48.5 Å². The molecular weight excluding hydrogens is 320 g/mol. The molecule has 0 aromatic carbocycles. The summed E-state index contributed by atoms with van der Waals surface area (Å²) in [6.45, 7) is 10.5. The highest BCUT2D eigenvalue weighted by molar-refractivity contribution is 7.17. The maximum atomic E-state index is 13.1. The summed E-state index contributed by atoms with van der Waals surface area (Å²) in [5.41, 5.74) is 0.842. The van der Waals surface area contributed by atoms with E-state index in [4.69, 9.17) is 0 Å². The van der Waals surface area contributed by atoms with Crippen LogP contribution in [0.4, 0.5) is 5.13 Å². The molecule has 1 aromatic heterocycles. The second-order valence-electron chi connectivity index (χ2n) is 7.54. The summed E-state index contributed by atoms with van der Waals surface area (Å²) in [4.78, 5) is 23.0. The minimum absolute atomic E-state index is 0.158. The number of rotatable bonds is 5. The van der Waals surface area contributed by atoms with Crippen molar-refractivity contribution in [3.8, 4) is 0 Å². The number of carbonyl (C=O) groups excluding carboxylic acids is 1. The van der Waals surface area contributed by atoms with Crippen molar-refractivity contribution in [1.82, 2.24) is 14.8 Å². The van der Waals surface area contributed by atoms with E-state index in [0.29, 0.717) is 12.0 Å². The van der Waals surface area contributed by atoms with E-state index in [2.05, 4.69) is 33.9 Å². The van der Waals surface area contributed by atoms with Crippen LogP contribution >= 0.6 is 11.3 Å². The van der Waals surface area contributed by atoms with Gasteiger partial charge in [-0.15, -0.1) is 0 Å². The summed E-state index contributed by atoms with van der Waals surface area (Å²) in [5, 5.41) is 3.87. The Morgan fingerprint density at radius 2 is 2.12 bits per heavy atom. The third kappa shape index (κ3) is 3.91. The molecule has 2 heterocycles. The van der Waals surface area contributed by atoms with E-state index in [1.54, 1.807) is 0 Å². The Kier molecular flexibility index (Phi) is 5.45. The van der Waals surface area contributed by atoms with Crippen molar-refractivity contribution >= 4 is 22.4 Å². The van der Waals surface area contributed by atoms with Crippen molar-refractivity contribution in [2.45, 2.75) is 46.1 Å². The van der Waals surface area contributed by atoms with Gasteiger partial charge in [-0.25, -0.2) is 4.98 Å². The number of thiazole rings is 1. The Labute approximate surface area is 149 Å². The van der Waals surface area contributed by atoms with Crippen LogP contribution in [-0.4, -0.2) is 60.0 Å². The molecule has 1 saturated heterocycles. The van der Waals surface area contributed by atoms with Crippen LogP contribution in [-0.2, 0) is 0 Å². The SMILES string of the molecule is CNc1nc(C)c(C(=O)N2CCCN(CC3CC3)C(C(C)C)C2)s1. The molecule has 6 heteroatoms. The number of hydrogen-bond donors (Lipinski definition) is 1. The predicted molar refractivity (Wildman–Crippen MR) is 99.8 cm³/mol. The molecule has 1 unspecified atom stereocenters. The van der Waals surface area contributed by atoms with Crippen molar-refractivity contribution in [1.29, 1.82) is 0 Å². The summed E-state index contributed by atoms with van der Waals surface area (Å²) >= 11 is 1.47. The zero-order valence-electron chi connectivity index (χ0n) is 15.3. The first-order chi connectivity index (χ1) is 11.5. The first kappa shape index (κ1) is 17.7. The van der Waals surface area contributed by atoms with Crippen LogP contribution in [0.25, 0.3) is 0 Å². The summed E-state index contributed by atoms with van der Waals surface area (Å²) in [5.74, 6) is 1.62. The van der Waals surface area contributed by atoms with Crippen LogP contribution in [0.5, 0.6) is 0 Å². The zero-order valence-corrected chi connectivity index (χ0v) is 16.2. The van der Waals surface area contributed by atoms with Crippen molar-refractivity contribution in [2.24, 2.45) is 11.8 Å². The molecule has 1 aromatic rings. The number of anilines is 1. The van der Waals surface area contributed by atoms with Gasteiger partial charge in [-0.3, -0.25) is 9.69 Å². The summed E-state index contributed by atoms with van der Waals surface area (Å²) in [6.07, 6.45) is 3.84. The second-order valence-corrected chi connectivity index (χ2v) is 8.54. The fourth-order valence-corrected chi connectivity index (χ4v) is 4.47. The van der Waals surface area contributed by atoms with Crippen LogP contribution < -0.4 is 5.32 Å². The first-order valence-corrected chi connectivity index (χ1v) is 9.99. The van der Waals surface area contributed by atoms with E-state index < -0.39 is 0 Å². The molecule has 1 aliphatic heterocycles. The Balaban J connectivity index is 1.74. The van der Waals surface area contributed by atoms with E-state index in [-0.39, 0.29) is 5.91 Å². The fraction of sp³-hybridized carbons (Fsp3) is 0.778. The highest BCUT2D eigenvalue weighted by Crippen LogP contribution is 2.32. The number of nitrogens with zero attached hydrogens (tertiary/aromatic N) is 3. The Morgan fingerprint density at radius 1 is 1.38 bits per heavy atom. The minimum atomic E-state index is 0.158. The lowest BCUT2D eigenvalue weighted by Crippen LogP contribution is -2.46. The predicted octanol–water partition coefficient (Wildman–Crippen LogP) is 3.08. The summed E-state index contributed by atoms with van der Waals surface area (Å²) in [6, 6.07) is 0.467. The van der Waals surface area contributed by atoms with Gasteiger partial charge in [-0.1, -0.05) is 25.2 Å². The van der Waals surface area contributed by atoms with Gasteiger partial charge in [0.15, 0.2) is 5.13 Å². The number of aryl methyl sites for hydroxylation is 1.